The Morgan fingerprint density at radius 1 is 0.958 bits per heavy atom. The second-order valence-electron chi connectivity index (χ2n) is 6.52. The Morgan fingerprint density at radius 2 is 1.62 bits per heavy atom. The molecule has 0 aliphatic heterocycles. The summed E-state index contributed by atoms with van der Waals surface area (Å²) in [5.41, 5.74) is 3.75. The molecule has 0 saturated heterocycles. The number of carbonyl (C=O) groups excluding carboxylic acids is 1. The Labute approximate surface area is 145 Å². The lowest BCUT2D eigenvalue weighted by Gasteiger charge is -2.18. The number of aryl methyl sites for hydroxylation is 2. The van der Waals surface area contributed by atoms with Crippen molar-refractivity contribution >= 4 is 5.91 Å². The van der Waals surface area contributed by atoms with Gasteiger partial charge in [-0.1, -0.05) is 60.2 Å². The first-order chi connectivity index (χ1) is 11.5. The molecule has 3 nitrogen and oxygen atoms in total. The van der Waals surface area contributed by atoms with E-state index in [2.05, 4.69) is 73.0 Å². The standard InChI is InChI=1S/C21H28N2O/c1-16-9-12-20(13-10-16)15-22-18(3)21(24)23-17(2)11-14-19-7-5-4-6-8-19/h4-10,12-13,17-18,22H,11,14-15H2,1-3H3,(H,23,24)/t17-,18+/m0/s1. The van der Waals surface area contributed by atoms with E-state index in [1.807, 2.05) is 13.0 Å². The maximum atomic E-state index is 12.3. The molecule has 0 unspecified atom stereocenters. The average molecular weight is 324 g/mol. The highest BCUT2D eigenvalue weighted by atomic mass is 16.2. The van der Waals surface area contributed by atoms with Crippen LogP contribution < -0.4 is 10.6 Å². The van der Waals surface area contributed by atoms with Crippen molar-refractivity contribution in [1.29, 1.82) is 0 Å². The largest absolute Gasteiger partial charge is 0.352 e. The van der Waals surface area contributed by atoms with Gasteiger partial charge in [0.05, 0.1) is 6.04 Å². The van der Waals surface area contributed by atoms with E-state index in [0.717, 1.165) is 12.8 Å². The number of carbonyl (C=O) groups is 1. The smallest absolute Gasteiger partial charge is 0.237 e. The molecule has 2 aromatic carbocycles. The molecular formula is C21H28N2O. The Hall–Kier alpha value is -2.13. The van der Waals surface area contributed by atoms with Gasteiger partial charge in [0, 0.05) is 12.6 Å². The lowest BCUT2D eigenvalue weighted by atomic mass is 10.1. The van der Waals surface area contributed by atoms with Gasteiger partial charge in [0.1, 0.15) is 0 Å². The van der Waals surface area contributed by atoms with E-state index in [9.17, 15) is 4.79 Å². The molecule has 2 N–H and O–H groups in total. The van der Waals surface area contributed by atoms with Crippen molar-refractivity contribution in [3.05, 3.63) is 71.3 Å². The van der Waals surface area contributed by atoms with Gasteiger partial charge in [0.15, 0.2) is 0 Å². The summed E-state index contributed by atoms with van der Waals surface area (Å²) in [6.07, 6.45) is 1.92. The molecule has 0 bridgehead atoms. The number of hydrogen-bond donors (Lipinski definition) is 2. The molecule has 128 valence electrons. The molecule has 0 fully saturated rings. The maximum Gasteiger partial charge on any atom is 0.237 e. The molecule has 24 heavy (non-hydrogen) atoms. The van der Waals surface area contributed by atoms with Crippen molar-refractivity contribution in [2.75, 3.05) is 0 Å². The van der Waals surface area contributed by atoms with Crippen molar-refractivity contribution in [3.8, 4) is 0 Å². The molecule has 0 aromatic heterocycles. The van der Waals surface area contributed by atoms with Gasteiger partial charge in [0.2, 0.25) is 5.91 Å². The van der Waals surface area contributed by atoms with E-state index >= 15 is 0 Å². The summed E-state index contributed by atoms with van der Waals surface area (Å²) in [6.45, 7) is 6.75. The monoisotopic (exact) mass is 324 g/mol. The number of hydrogen-bond acceptors (Lipinski definition) is 2. The normalized spacial score (nSPS) is 13.3. The van der Waals surface area contributed by atoms with Crippen LogP contribution in [0.5, 0.6) is 0 Å². The molecule has 0 aliphatic carbocycles. The zero-order chi connectivity index (χ0) is 17.4. The minimum atomic E-state index is -0.203. The minimum Gasteiger partial charge on any atom is -0.352 e. The van der Waals surface area contributed by atoms with Crippen LogP contribution in [0.1, 0.15) is 37.0 Å². The third kappa shape index (κ3) is 6.17. The van der Waals surface area contributed by atoms with Gasteiger partial charge in [-0.2, -0.15) is 0 Å². The number of amides is 1. The highest BCUT2D eigenvalue weighted by Gasteiger charge is 2.14. The summed E-state index contributed by atoms with van der Waals surface area (Å²) >= 11 is 0. The van der Waals surface area contributed by atoms with Crippen LogP contribution in [-0.2, 0) is 17.8 Å². The molecule has 0 spiro atoms. The van der Waals surface area contributed by atoms with E-state index in [-0.39, 0.29) is 18.0 Å². The first kappa shape index (κ1) is 18.2. The fourth-order valence-corrected chi connectivity index (χ4v) is 2.54. The zero-order valence-corrected chi connectivity index (χ0v) is 14.9. The van der Waals surface area contributed by atoms with Gasteiger partial charge in [-0.05, 0) is 44.7 Å². The molecule has 2 atom stereocenters. The molecule has 0 saturated carbocycles. The van der Waals surface area contributed by atoms with Gasteiger partial charge in [-0.15, -0.1) is 0 Å². The highest BCUT2D eigenvalue weighted by molar-refractivity contribution is 5.81. The Bertz CT molecular complexity index is 622. The predicted molar refractivity (Wildman–Crippen MR) is 99.8 cm³/mol. The van der Waals surface area contributed by atoms with E-state index in [1.54, 1.807) is 0 Å². The lowest BCUT2D eigenvalue weighted by Crippen LogP contribution is -2.45. The van der Waals surface area contributed by atoms with Gasteiger partial charge >= 0.3 is 0 Å². The van der Waals surface area contributed by atoms with Crippen molar-refractivity contribution in [2.24, 2.45) is 0 Å². The van der Waals surface area contributed by atoms with Crippen LogP contribution in [-0.4, -0.2) is 18.0 Å². The van der Waals surface area contributed by atoms with Crippen LogP contribution in [0.2, 0.25) is 0 Å². The molecule has 0 radical (unpaired) electrons. The Kier molecular flexibility index (Phi) is 7.01. The Balaban J connectivity index is 1.71. The second-order valence-corrected chi connectivity index (χ2v) is 6.52. The molecule has 1 amide bonds. The first-order valence-electron chi connectivity index (χ1n) is 8.68. The third-order valence-corrected chi connectivity index (χ3v) is 4.22. The fourth-order valence-electron chi connectivity index (χ4n) is 2.54. The van der Waals surface area contributed by atoms with Crippen LogP contribution in [0.15, 0.2) is 54.6 Å². The van der Waals surface area contributed by atoms with Crippen LogP contribution in [0.4, 0.5) is 0 Å². The van der Waals surface area contributed by atoms with E-state index < -0.39 is 0 Å². The Morgan fingerprint density at radius 3 is 2.29 bits per heavy atom. The lowest BCUT2D eigenvalue weighted by molar-refractivity contribution is -0.123. The van der Waals surface area contributed by atoms with Crippen molar-refractivity contribution in [3.63, 3.8) is 0 Å². The van der Waals surface area contributed by atoms with Gasteiger partial charge < -0.3 is 10.6 Å². The summed E-state index contributed by atoms with van der Waals surface area (Å²) in [5, 5.41) is 6.38. The van der Waals surface area contributed by atoms with Crippen molar-refractivity contribution < 1.29 is 4.79 Å². The molecular weight excluding hydrogens is 296 g/mol. The highest BCUT2D eigenvalue weighted by Crippen LogP contribution is 2.06. The number of nitrogens with one attached hydrogen (secondary N) is 2. The fraction of sp³-hybridized carbons (Fsp3) is 0.381. The molecule has 3 heteroatoms. The molecule has 2 aromatic rings. The van der Waals surface area contributed by atoms with Gasteiger partial charge in [0.25, 0.3) is 0 Å². The van der Waals surface area contributed by atoms with Gasteiger partial charge in [-0.25, -0.2) is 0 Å². The topological polar surface area (TPSA) is 41.1 Å². The summed E-state index contributed by atoms with van der Waals surface area (Å²) in [7, 11) is 0. The third-order valence-electron chi connectivity index (χ3n) is 4.22. The number of benzene rings is 2. The zero-order valence-electron chi connectivity index (χ0n) is 14.9. The SMILES string of the molecule is Cc1ccc(CN[C@H](C)C(=O)N[C@@H](C)CCc2ccccc2)cc1. The van der Waals surface area contributed by atoms with Gasteiger partial charge in [-0.3, -0.25) is 4.79 Å². The number of rotatable bonds is 8. The minimum absolute atomic E-state index is 0.0580. The van der Waals surface area contributed by atoms with E-state index in [4.69, 9.17) is 0 Å². The van der Waals surface area contributed by atoms with Crippen LogP contribution in [0.3, 0.4) is 0 Å². The summed E-state index contributed by atoms with van der Waals surface area (Å²) in [5.74, 6) is 0.0580. The van der Waals surface area contributed by atoms with E-state index in [0.29, 0.717) is 6.54 Å². The summed E-state index contributed by atoms with van der Waals surface area (Å²) in [4.78, 5) is 12.3. The quantitative estimate of drug-likeness (QED) is 0.779. The van der Waals surface area contributed by atoms with Crippen LogP contribution in [0.25, 0.3) is 0 Å². The van der Waals surface area contributed by atoms with Crippen molar-refractivity contribution in [2.45, 2.75) is 52.2 Å². The molecule has 0 heterocycles. The first-order valence-corrected chi connectivity index (χ1v) is 8.68. The summed E-state index contributed by atoms with van der Waals surface area (Å²) in [6, 6.07) is 18.7. The predicted octanol–water partition coefficient (Wildman–Crippen LogP) is 3.61. The van der Waals surface area contributed by atoms with Crippen LogP contribution in [0, 0.1) is 6.92 Å². The maximum absolute atomic E-state index is 12.3. The van der Waals surface area contributed by atoms with E-state index in [1.165, 1.54) is 16.7 Å². The molecule has 0 aliphatic rings. The summed E-state index contributed by atoms with van der Waals surface area (Å²) < 4.78 is 0. The van der Waals surface area contributed by atoms with Crippen molar-refractivity contribution in [1.82, 2.24) is 10.6 Å². The average Bonchev–Trinajstić information content (AvgIpc) is 2.60. The van der Waals surface area contributed by atoms with Crippen LogP contribution >= 0.6 is 0 Å². The second kappa shape index (κ2) is 9.24. The molecule has 2 rings (SSSR count).